The van der Waals surface area contributed by atoms with Crippen molar-refractivity contribution in [3.8, 4) is 0 Å². The number of hydrogen-bond donors (Lipinski definition) is 0. The smallest absolute Gasteiger partial charge is 0.341 e. The van der Waals surface area contributed by atoms with Gasteiger partial charge in [0.15, 0.2) is 0 Å². The first kappa shape index (κ1) is 18.9. The van der Waals surface area contributed by atoms with Crippen molar-refractivity contribution in [2.24, 2.45) is 5.92 Å². The molecule has 0 fully saturated rings. The van der Waals surface area contributed by atoms with Crippen LogP contribution in [-0.4, -0.2) is 30.9 Å². The van der Waals surface area contributed by atoms with Crippen molar-refractivity contribution >= 4 is 17.7 Å². The Hall–Kier alpha value is -2.89. The van der Waals surface area contributed by atoms with E-state index in [0.717, 1.165) is 0 Å². The van der Waals surface area contributed by atoms with Crippen LogP contribution >= 0.6 is 0 Å². The third kappa shape index (κ3) is 3.39. The van der Waals surface area contributed by atoms with Crippen molar-refractivity contribution in [3.63, 3.8) is 0 Å². The Morgan fingerprint density at radius 2 is 1.93 bits per heavy atom. The molecule has 2 aliphatic heterocycles. The minimum atomic E-state index is -0.635. The minimum Gasteiger partial charge on any atom is -0.465 e. The Labute approximate surface area is 157 Å². The minimum absolute atomic E-state index is 0.0460. The van der Waals surface area contributed by atoms with Gasteiger partial charge in [-0.25, -0.2) is 9.59 Å². The summed E-state index contributed by atoms with van der Waals surface area (Å²) in [5.74, 6) is -1.47. The van der Waals surface area contributed by atoms with E-state index >= 15 is 0 Å². The molecular weight excluding hydrogens is 348 g/mol. The number of carbonyl (C=O) groups is 3. The van der Waals surface area contributed by atoms with Crippen molar-refractivity contribution in [1.82, 2.24) is 0 Å². The van der Waals surface area contributed by atoms with E-state index in [2.05, 4.69) is 13.2 Å². The van der Waals surface area contributed by atoms with Gasteiger partial charge in [-0.05, 0) is 26.0 Å². The Balaban J connectivity index is 2.19. The van der Waals surface area contributed by atoms with Crippen LogP contribution in [0.5, 0.6) is 0 Å². The highest BCUT2D eigenvalue weighted by molar-refractivity contribution is 5.99. The normalized spacial score (nSPS) is 24.6. The molecule has 0 aliphatic carbocycles. The Bertz CT molecular complexity index is 884. The molecule has 6 heteroatoms. The highest BCUT2D eigenvalue weighted by Gasteiger charge is 2.39. The molecule has 4 bridgehead atoms. The van der Waals surface area contributed by atoms with E-state index in [1.807, 2.05) is 0 Å². The predicted molar refractivity (Wildman–Crippen MR) is 97.2 cm³/mol. The van der Waals surface area contributed by atoms with Crippen LogP contribution in [0.3, 0.4) is 0 Å². The summed E-state index contributed by atoms with van der Waals surface area (Å²) in [6.07, 6.45) is 1.15. The number of fused-ring (bicyclic) bond motifs is 3. The molecule has 3 heterocycles. The number of allylic oxidation sites excluding steroid dienone is 1. The van der Waals surface area contributed by atoms with Crippen molar-refractivity contribution in [3.05, 3.63) is 59.1 Å². The molecule has 0 N–H and O–H groups in total. The topological polar surface area (TPSA) is 82.8 Å². The number of rotatable bonds is 3. The number of esters is 2. The van der Waals surface area contributed by atoms with Crippen LogP contribution in [0.25, 0.3) is 0 Å². The van der Waals surface area contributed by atoms with Crippen molar-refractivity contribution in [2.45, 2.75) is 38.7 Å². The van der Waals surface area contributed by atoms with Gasteiger partial charge in [0.2, 0.25) is 0 Å². The number of carbonyl (C=O) groups excluding carboxylic acids is 3. The van der Waals surface area contributed by atoms with E-state index in [1.54, 1.807) is 26.0 Å². The van der Waals surface area contributed by atoms with E-state index in [1.165, 1.54) is 7.11 Å². The number of Topliss-reactive ketones (excluding diaryl/α,β-unsaturated/α-hetero) is 1. The fraction of sp³-hybridized carbons (Fsp3) is 0.381. The summed E-state index contributed by atoms with van der Waals surface area (Å²) >= 11 is 0. The molecule has 2 aliphatic rings. The van der Waals surface area contributed by atoms with Crippen LogP contribution < -0.4 is 0 Å². The second-order valence-corrected chi connectivity index (χ2v) is 7.11. The highest BCUT2D eigenvalue weighted by Crippen LogP contribution is 2.38. The lowest BCUT2D eigenvalue weighted by Crippen LogP contribution is -2.21. The summed E-state index contributed by atoms with van der Waals surface area (Å²) in [5, 5.41) is 0. The molecule has 0 spiro atoms. The number of hydrogen-bond acceptors (Lipinski definition) is 6. The lowest BCUT2D eigenvalue weighted by molar-refractivity contribution is -0.141. The maximum Gasteiger partial charge on any atom is 0.341 e. The molecule has 27 heavy (non-hydrogen) atoms. The molecule has 6 nitrogen and oxygen atoms in total. The molecule has 3 atom stereocenters. The molecule has 0 radical (unpaired) electrons. The monoisotopic (exact) mass is 370 g/mol. The quantitative estimate of drug-likeness (QED) is 0.600. The third-order valence-electron chi connectivity index (χ3n) is 5.01. The lowest BCUT2D eigenvalue weighted by atomic mass is 9.86. The number of furan rings is 1. The molecule has 0 aromatic carbocycles. The van der Waals surface area contributed by atoms with Gasteiger partial charge in [-0.2, -0.15) is 0 Å². The van der Waals surface area contributed by atoms with Gasteiger partial charge in [-0.15, -0.1) is 0 Å². The van der Waals surface area contributed by atoms with Crippen LogP contribution in [0.15, 0.2) is 46.4 Å². The van der Waals surface area contributed by atoms with Crippen LogP contribution in [0, 0.1) is 5.92 Å². The van der Waals surface area contributed by atoms with Crippen molar-refractivity contribution in [1.29, 1.82) is 0 Å². The summed E-state index contributed by atoms with van der Waals surface area (Å²) in [4.78, 5) is 37.3. The van der Waals surface area contributed by atoms with Gasteiger partial charge >= 0.3 is 11.9 Å². The molecule has 0 unspecified atom stereocenters. The molecule has 1 aromatic rings. The standard InChI is InChI=1S/C21H22O6/c1-10(2)13-8-16-14(21(24)25-5)9-18(26-16)19(11(3)4)17-7-12(6-15(13)22)20(23)27-17/h7,9,13,17,19H,1,3,6,8H2,2,4-5H3/t13-,17-,19-/m1/s1. The van der Waals surface area contributed by atoms with Gasteiger partial charge in [0.05, 0.1) is 13.0 Å². The van der Waals surface area contributed by atoms with Gasteiger partial charge in [0, 0.05) is 24.3 Å². The van der Waals surface area contributed by atoms with Gasteiger partial charge in [-0.1, -0.05) is 24.3 Å². The Morgan fingerprint density at radius 1 is 1.22 bits per heavy atom. The first-order chi connectivity index (χ1) is 12.7. The van der Waals surface area contributed by atoms with Crippen LogP contribution in [-0.2, 0) is 25.5 Å². The average molecular weight is 370 g/mol. The van der Waals surface area contributed by atoms with Gasteiger partial charge in [-0.3, -0.25) is 4.79 Å². The lowest BCUT2D eigenvalue weighted by Gasteiger charge is -2.20. The molecule has 142 valence electrons. The zero-order valence-corrected chi connectivity index (χ0v) is 15.7. The van der Waals surface area contributed by atoms with Crippen LogP contribution in [0.1, 0.15) is 48.1 Å². The summed E-state index contributed by atoms with van der Waals surface area (Å²) in [5.41, 5.74) is 1.94. The highest BCUT2D eigenvalue weighted by atomic mass is 16.5. The zero-order chi connectivity index (χ0) is 19.9. The summed E-state index contributed by atoms with van der Waals surface area (Å²) < 4.78 is 16.3. The average Bonchev–Trinajstić information content (AvgIpc) is 3.14. The summed E-state index contributed by atoms with van der Waals surface area (Å²) in [7, 11) is 1.29. The fourth-order valence-corrected chi connectivity index (χ4v) is 3.58. The van der Waals surface area contributed by atoms with Crippen molar-refractivity contribution in [2.75, 3.05) is 7.11 Å². The molecule has 0 amide bonds. The Morgan fingerprint density at radius 3 is 2.52 bits per heavy atom. The van der Waals surface area contributed by atoms with E-state index in [4.69, 9.17) is 13.9 Å². The van der Waals surface area contributed by atoms with E-state index in [9.17, 15) is 14.4 Å². The number of methoxy groups -OCH3 is 1. The van der Waals surface area contributed by atoms with Gasteiger partial charge in [0.1, 0.15) is 29.0 Å². The zero-order valence-electron chi connectivity index (χ0n) is 15.7. The molecule has 1 aromatic heterocycles. The molecule has 0 saturated heterocycles. The summed E-state index contributed by atoms with van der Waals surface area (Å²) in [6, 6.07) is 1.59. The maximum atomic E-state index is 12.8. The summed E-state index contributed by atoms with van der Waals surface area (Å²) in [6.45, 7) is 11.4. The number of ketones is 1. The van der Waals surface area contributed by atoms with E-state index in [-0.39, 0.29) is 24.2 Å². The number of ether oxygens (including phenoxy) is 2. The second kappa shape index (κ2) is 7.02. The predicted octanol–water partition coefficient (Wildman–Crippen LogP) is 3.29. The first-order valence-corrected chi connectivity index (χ1v) is 8.69. The van der Waals surface area contributed by atoms with Gasteiger partial charge in [0.25, 0.3) is 0 Å². The SMILES string of the molecule is C=C(C)[C@H]1Cc2oc(cc2C(=O)OC)[C@H](C(=C)C)[C@H]2C=C(CC1=O)C(=O)O2. The maximum absolute atomic E-state index is 12.8. The largest absolute Gasteiger partial charge is 0.465 e. The molecular formula is C21H22O6. The molecule has 3 rings (SSSR count). The van der Waals surface area contributed by atoms with Crippen LogP contribution in [0.4, 0.5) is 0 Å². The second-order valence-electron chi connectivity index (χ2n) is 7.11. The fourth-order valence-electron chi connectivity index (χ4n) is 3.58. The van der Waals surface area contributed by atoms with Crippen molar-refractivity contribution < 1.29 is 28.3 Å². The van der Waals surface area contributed by atoms with E-state index in [0.29, 0.717) is 28.2 Å². The van der Waals surface area contributed by atoms with Gasteiger partial charge < -0.3 is 13.9 Å². The van der Waals surface area contributed by atoms with E-state index < -0.39 is 29.9 Å². The first-order valence-electron chi connectivity index (χ1n) is 8.69. The van der Waals surface area contributed by atoms with Crippen LogP contribution in [0.2, 0.25) is 0 Å². The molecule has 0 saturated carbocycles. The third-order valence-corrected chi connectivity index (χ3v) is 5.01. The Kier molecular flexibility index (Phi) is 4.91.